The van der Waals surface area contributed by atoms with Crippen LogP contribution >= 0.6 is 12.4 Å². The van der Waals surface area contributed by atoms with Crippen LogP contribution in [0.4, 0.5) is 0 Å². The molecule has 17 heavy (non-hydrogen) atoms. The summed E-state index contributed by atoms with van der Waals surface area (Å²) in [6.45, 7) is 0. The molecule has 0 aromatic carbocycles. The van der Waals surface area contributed by atoms with Crippen LogP contribution in [-0.2, 0) is 6.42 Å². The van der Waals surface area contributed by atoms with Crippen molar-refractivity contribution >= 4 is 36.6 Å². The van der Waals surface area contributed by atoms with Gasteiger partial charge >= 0.3 is 0 Å². The number of fused-ring (bicyclic) bond motifs is 1. The van der Waals surface area contributed by atoms with E-state index in [0.717, 1.165) is 5.76 Å². The molecule has 0 spiro atoms. The Bertz CT molecular complexity index is 531. The average Bonchev–Trinajstić information content (AvgIpc) is 2.88. The molecule has 2 N–H and O–H groups in total. The molecule has 0 saturated carbocycles. The molecule has 1 unspecified atom stereocenters. The van der Waals surface area contributed by atoms with Crippen LogP contribution in [-0.4, -0.2) is 29.9 Å². The highest BCUT2D eigenvalue weighted by atomic mass is 35.5. The maximum absolute atomic E-state index is 6.19. The van der Waals surface area contributed by atoms with Crippen LogP contribution in [0.25, 0.3) is 0 Å². The summed E-state index contributed by atoms with van der Waals surface area (Å²) < 4.78 is 5.26. The van der Waals surface area contributed by atoms with Gasteiger partial charge in [-0.15, -0.1) is 12.4 Å². The zero-order valence-electron chi connectivity index (χ0n) is 8.78. The van der Waals surface area contributed by atoms with E-state index < -0.39 is 5.66 Å². The summed E-state index contributed by atoms with van der Waals surface area (Å²) in [6.07, 6.45) is 4.90. The molecule has 88 valence electrons. The van der Waals surface area contributed by atoms with Gasteiger partial charge in [0.05, 0.1) is 12.7 Å². The Morgan fingerprint density at radius 3 is 2.94 bits per heavy atom. The number of furan rings is 1. The van der Waals surface area contributed by atoms with Crippen molar-refractivity contribution in [1.29, 1.82) is 0 Å². The molecule has 1 aromatic rings. The van der Waals surface area contributed by atoms with E-state index in [-0.39, 0.29) is 12.4 Å². The van der Waals surface area contributed by atoms with Gasteiger partial charge in [0.25, 0.3) is 0 Å². The van der Waals surface area contributed by atoms with Crippen molar-refractivity contribution < 1.29 is 4.42 Å². The fraction of sp³-hybridized carbons (Fsp3) is 0.200. The molecule has 3 heterocycles. The maximum atomic E-state index is 6.19. The van der Waals surface area contributed by atoms with Crippen molar-refractivity contribution in [3.05, 3.63) is 24.2 Å². The van der Waals surface area contributed by atoms with Gasteiger partial charge in [-0.25, -0.2) is 20.0 Å². The molecule has 2 aliphatic heterocycles. The third kappa shape index (κ3) is 1.92. The van der Waals surface area contributed by atoms with Gasteiger partial charge < -0.3 is 10.2 Å². The molecule has 6 nitrogen and oxygen atoms in total. The molecule has 0 radical (unpaired) electrons. The summed E-state index contributed by atoms with van der Waals surface area (Å²) in [5.41, 5.74) is 5.85. The van der Waals surface area contributed by atoms with Crippen LogP contribution in [0.5, 0.6) is 0 Å². The van der Waals surface area contributed by atoms with Crippen LogP contribution < -0.4 is 5.73 Å². The highest BCUT2D eigenvalue weighted by Crippen LogP contribution is 2.20. The van der Waals surface area contributed by atoms with Gasteiger partial charge in [-0.05, 0) is 12.1 Å². The molecule has 0 bridgehead atoms. The first-order valence-electron chi connectivity index (χ1n) is 4.82. The highest BCUT2D eigenvalue weighted by molar-refractivity contribution is 6.50. The molecular formula is C10H10ClN5O. The number of amidine groups is 1. The zero-order chi connectivity index (χ0) is 11.0. The van der Waals surface area contributed by atoms with Gasteiger partial charge in [-0.3, -0.25) is 0 Å². The first-order valence-corrected chi connectivity index (χ1v) is 4.82. The number of hydrogen-bond acceptors (Lipinski definition) is 6. The minimum atomic E-state index is -0.925. The van der Waals surface area contributed by atoms with Crippen molar-refractivity contribution in [2.45, 2.75) is 12.1 Å². The lowest BCUT2D eigenvalue weighted by Gasteiger charge is -2.25. The quantitative estimate of drug-likeness (QED) is 0.843. The standard InChI is InChI=1S/C10H9N5O.ClH/c11-10(4-7-2-1-3-16-7)8-9(13-5-12-8)14-6-15-10;/h1-3,5-6H,4,11H2;1H. The summed E-state index contributed by atoms with van der Waals surface area (Å²) in [5, 5.41) is 0. The second kappa shape index (κ2) is 4.23. The molecule has 0 fully saturated rings. The van der Waals surface area contributed by atoms with Crippen LogP contribution in [0, 0.1) is 0 Å². The first kappa shape index (κ1) is 11.7. The molecule has 2 aliphatic rings. The van der Waals surface area contributed by atoms with E-state index in [4.69, 9.17) is 10.2 Å². The second-order valence-electron chi connectivity index (χ2n) is 3.60. The number of hydrogen-bond donors (Lipinski definition) is 1. The number of halogens is 1. The topological polar surface area (TPSA) is 88.6 Å². The summed E-state index contributed by atoms with van der Waals surface area (Å²) in [4.78, 5) is 16.3. The van der Waals surface area contributed by atoms with Crippen molar-refractivity contribution in [3.63, 3.8) is 0 Å². The van der Waals surface area contributed by atoms with Gasteiger partial charge in [0, 0.05) is 0 Å². The van der Waals surface area contributed by atoms with E-state index in [0.29, 0.717) is 18.0 Å². The fourth-order valence-corrected chi connectivity index (χ4v) is 1.72. The van der Waals surface area contributed by atoms with Crippen molar-refractivity contribution in [3.8, 4) is 0 Å². The average molecular weight is 252 g/mol. The van der Waals surface area contributed by atoms with E-state index in [2.05, 4.69) is 20.0 Å². The number of rotatable bonds is 2. The van der Waals surface area contributed by atoms with Crippen molar-refractivity contribution in [2.24, 2.45) is 25.7 Å². The Morgan fingerprint density at radius 2 is 2.18 bits per heavy atom. The monoisotopic (exact) mass is 251 g/mol. The molecule has 1 aromatic heterocycles. The lowest BCUT2D eigenvalue weighted by molar-refractivity contribution is 0.463. The van der Waals surface area contributed by atoms with Gasteiger partial charge in [0.1, 0.15) is 24.1 Å². The molecule has 3 rings (SSSR count). The van der Waals surface area contributed by atoms with Crippen LogP contribution in [0.1, 0.15) is 5.76 Å². The largest absolute Gasteiger partial charge is 0.469 e. The molecule has 0 saturated heterocycles. The van der Waals surface area contributed by atoms with Crippen LogP contribution in [0.15, 0.2) is 42.8 Å². The Morgan fingerprint density at radius 1 is 1.29 bits per heavy atom. The molecular weight excluding hydrogens is 242 g/mol. The normalized spacial score (nSPS) is 25.0. The Hall–Kier alpha value is -1.79. The Balaban J connectivity index is 0.00000108. The Labute approximate surface area is 103 Å². The van der Waals surface area contributed by atoms with Gasteiger partial charge in [0.15, 0.2) is 11.5 Å². The minimum absolute atomic E-state index is 0. The van der Waals surface area contributed by atoms with Gasteiger partial charge in [-0.2, -0.15) is 0 Å². The first-order chi connectivity index (χ1) is 7.78. The minimum Gasteiger partial charge on any atom is -0.469 e. The van der Waals surface area contributed by atoms with E-state index in [9.17, 15) is 0 Å². The summed E-state index contributed by atoms with van der Waals surface area (Å²) in [6, 6.07) is 3.67. The Kier molecular flexibility index (Phi) is 2.91. The van der Waals surface area contributed by atoms with E-state index >= 15 is 0 Å². The summed E-state index contributed by atoms with van der Waals surface area (Å²) >= 11 is 0. The predicted molar refractivity (Wildman–Crippen MR) is 68.4 cm³/mol. The molecule has 0 aliphatic carbocycles. The highest BCUT2D eigenvalue weighted by Gasteiger charge is 2.38. The predicted octanol–water partition coefficient (Wildman–Crippen LogP) is 0.822. The smallest absolute Gasteiger partial charge is 0.180 e. The van der Waals surface area contributed by atoms with E-state index in [1.807, 2.05) is 12.1 Å². The lowest BCUT2D eigenvalue weighted by atomic mass is 9.98. The van der Waals surface area contributed by atoms with Crippen LogP contribution in [0.3, 0.4) is 0 Å². The summed E-state index contributed by atoms with van der Waals surface area (Å²) in [5.74, 6) is 1.29. The third-order valence-corrected chi connectivity index (χ3v) is 2.48. The molecule has 1 atom stereocenters. The molecule has 0 amide bonds. The van der Waals surface area contributed by atoms with E-state index in [1.54, 1.807) is 6.26 Å². The third-order valence-electron chi connectivity index (χ3n) is 2.48. The van der Waals surface area contributed by atoms with E-state index in [1.165, 1.54) is 12.7 Å². The van der Waals surface area contributed by atoms with Gasteiger partial charge in [0.2, 0.25) is 0 Å². The maximum Gasteiger partial charge on any atom is 0.180 e. The molecule has 7 heteroatoms. The summed E-state index contributed by atoms with van der Waals surface area (Å²) in [7, 11) is 0. The zero-order valence-corrected chi connectivity index (χ0v) is 9.59. The van der Waals surface area contributed by atoms with Crippen LogP contribution in [0.2, 0.25) is 0 Å². The SMILES string of the molecule is Cl.NC1(Cc2ccco2)N=CN=C2N=CN=C21. The second-order valence-corrected chi connectivity index (χ2v) is 3.60. The fourth-order valence-electron chi connectivity index (χ4n) is 1.72. The number of aliphatic imine (C=N–C) groups is 4. The number of nitrogens with zero attached hydrogens (tertiary/aromatic N) is 4. The van der Waals surface area contributed by atoms with Gasteiger partial charge in [-0.1, -0.05) is 0 Å². The van der Waals surface area contributed by atoms with Crippen molar-refractivity contribution in [2.75, 3.05) is 0 Å². The van der Waals surface area contributed by atoms with Crippen molar-refractivity contribution in [1.82, 2.24) is 0 Å². The lowest BCUT2D eigenvalue weighted by Crippen LogP contribution is -2.52. The number of nitrogens with two attached hydrogens (primary N) is 1.